The van der Waals surface area contributed by atoms with Crippen molar-refractivity contribution >= 4 is 22.5 Å². The minimum Gasteiger partial charge on any atom is -0.399 e. The zero-order valence-corrected chi connectivity index (χ0v) is 14.5. The van der Waals surface area contributed by atoms with Gasteiger partial charge in [-0.3, -0.25) is 4.79 Å². The van der Waals surface area contributed by atoms with Gasteiger partial charge < -0.3 is 16.0 Å². The van der Waals surface area contributed by atoms with Gasteiger partial charge in [0.2, 0.25) is 0 Å². The Morgan fingerprint density at radius 1 is 1.08 bits per heavy atom. The van der Waals surface area contributed by atoms with Crippen LogP contribution in [0.25, 0.3) is 22.2 Å². The number of hydrogen-bond donors (Lipinski definition) is 2. The highest BCUT2D eigenvalue weighted by Gasteiger charge is 2.12. The van der Waals surface area contributed by atoms with Crippen LogP contribution in [0.2, 0.25) is 0 Å². The van der Waals surface area contributed by atoms with Crippen LogP contribution in [0.4, 0.5) is 5.69 Å². The minimum atomic E-state index is -0.102. The first-order chi connectivity index (χ1) is 12.0. The highest BCUT2D eigenvalue weighted by Crippen LogP contribution is 2.24. The summed E-state index contributed by atoms with van der Waals surface area (Å²) in [4.78, 5) is 19.3. The summed E-state index contributed by atoms with van der Waals surface area (Å²) in [5.74, 6) is -0.102. The Morgan fingerprint density at radius 2 is 1.84 bits per heavy atom. The van der Waals surface area contributed by atoms with Crippen LogP contribution in [-0.4, -0.2) is 43.0 Å². The predicted octanol–water partition coefficient (Wildman–Crippen LogP) is 2.78. The molecule has 1 amide bonds. The maximum absolute atomic E-state index is 12.5. The van der Waals surface area contributed by atoms with Gasteiger partial charge in [-0.25, -0.2) is 4.98 Å². The van der Waals surface area contributed by atoms with Gasteiger partial charge in [0.1, 0.15) is 0 Å². The van der Waals surface area contributed by atoms with Crippen LogP contribution in [0.15, 0.2) is 54.6 Å². The molecule has 1 aromatic heterocycles. The lowest BCUT2D eigenvalue weighted by Crippen LogP contribution is -2.31. The van der Waals surface area contributed by atoms with Crippen molar-refractivity contribution in [2.75, 3.05) is 32.9 Å². The number of fused-ring (bicyclic) bond motifs is 1. The fourth-order valence-corrected chi connectivity index (χ4v) is 2.63. The number of anilines is 1. The second-order valence-electron chi connectivity index (χ2n) is 6.25. The van der Waals surface area contributed by atoms with Gasteiger partial charge in [-0.15, -0.1) is 0 Å². The second kappa shape index (κ2) is 7.32. The number of carbonyl (C=O) groups is 1. The van der Waals surface area contributed by atoms with Crippen molar-refractivity contribution in [3.8, 4) is 11.3 Å². The van der Waals surface area contributed by atoms with Gasteiger partial charge in [-0.2, -0.15) is 0 Å². The zero-order valence-electron chi connectivity index (χ0n) is 14.5. The van der Waals surface area contributed by atoms with Crippen LogP contribution in [0.3, 0.4) is 0 Å². The first kappa shape index (κ1) is 16.9. The molecule has 0 saturated carbocycles. The van der Waals surface area contributed by atoms with Crippen molar-refractivity contribution in [2.45, 2.75) is 0 Å². The molecule has 0 aliphatic rings. The summed E-state index contributed by atoms with van der Waals surface area (Å²) in [6, 6.07) is 17.2. The number of para-hydroxylation sites is 1. The third-order valence-corrected chi connectivity index (χ3v) is 4.02. The fourth-order valence-electron chi connectivity index (χ4n) is 2.63. The summed E-state index contributed by atoms with van der Waals surface area (Å²) in [5, 5.41) is 3.90. The topological polar surface area (TPSA) is 71.2 Å². The number of nitrogens with two attached hydrogens (primary N) is 1. The third-order valence-electron chi connectivity index (χ3n) is 4.02. The van der Waals surface area contributed by atoms with Crippen LogP contribution >= 0.6 is 0 Å². The maximum Gasteiger partial charge on any atom is 0.253 e. The van der Waals surface area contributed by atoms with Gasteiger partial charge in [0, 0.05) is 29.7 Å². The van der Waals surface area contributed by atoms with E-state index in [2.05, 4.69) is 5.32 Å². The number of likely N-dealkylation sites (N-methyl/N-ethyl adjacent to an activating group) is 1. The summed E-state index contributed by atoms with van der Waals surface area (Å²) in [6.07, 6.45) is 0. The lowest BCUT2D eigenvalue weighted by Gasteiger charge is -2.12. The monoisotopic (exact) mass is 334 g/mol. The quantitative estimate of drug-likeness (QED) is 0.704. The first-order valence-electron chi connectivity index (χ1n) is 8.23. The Balaban J connectivity index is 1.94. The molecule has 0 bridgehead atoms. The number of hydrogen-bond acceptors (Lipinski definition) is 4. The van der Waals surface area contributed by atoms with Crippen molar-refractivity contribution < 1.29 is 4.79 Å². The van der Waals surface area contributed by atoms with Crippen LogP contribution in [0, 0.1) is 0 Å². The summed E-state index contributed by atoms with van der Waals surface area (Å²) in [7, 11) is 3.95. The number of rotatable bonds is 5. The molecule has 0 atom stereocenters. The molecular formula is C20H22N4O. The molecule has 2 aromatic carbocycles. The molecule has 3 rings (SSSR count). The second-order valence-corrected chi connectivity index (χ2v) is 6.25. The van der Waals surface area contributed by atoms with Gasteiger partial charge in [-0.05, 0) is 38.4 Å². The van der Waals surface area contributed by atoms with Crippen LogP contribution in [0.5, 0.6) is 0 Å². The number of amides is 1. The van der Waals surface area contributed by atoms with Gasteiger partial charge in [0.05, 0.1) is 16.8 Å². The third kappa shape index (κ3) is 3.95. The SMILES string of the molecule is CN(C)CCNC(=O)c1cccc2ccc(-c3ccc(N)cc3)nc12. The largest absolute Gasteiger partial charge is 0.399 e. The number of nitrogens with zero attached hydrogens (tertiary/aromatic N) is 2. The highest BCUT2D eigenvalue weighted by atomic mass is 16.1. The Bertz CT molecular complexity index is 888. The summed E-state index contributed by atoms with van der Waals surface area (Å²) >= 11 is 0. The average Bonchev–Trinajstić information content (AvgIpc) is 2.61. The van der Waals surface area contributed by atoms with E-state index in [0.29, 0.717) is 23.3 Å². The van der Waals surface area contributed by atoms with Crippen molar-refractivity contribution in [2.24, 2.45) is 0 Å². The number of aromatic nitrogens is 1. The minimum absolute atomic E-state index is 0.102. The van der Waals surface area contributed by atoms with Crippen molar-refractivity contribution in [1.82, 2.24) is 15.2 Å². The molecule has 0 spiro atoms. The Morgan fingerprint density at radius 3 is 2.56 bits per heavy atom. The number of carbonyl (C=O) groups excluding carboxylic acids is 1. The summed E-state index contributed by atoms with van der Waals surface area (Å²) in [5.41, 5.74) is 9.55. The zero-order chi connectivity index (χ0) is 17.8. The molecule has 128 valence electrons. The number of benzene rings is 2. The Labute approximate surface area is 147 Å². The van der Waals surface area contributed by atoms with E-state index in [1.165, 1.54) is 0 Å². The molecule has 0 aliphatic heterocycles. The van der Waals surface area contributed by atoms with E-state index >= 15 is 0 Å². The molecule has 0 saturated heterocycles. The Kier molecular flexibility index (Phi) is 4.95. The van der Waals surface area contributed by atoms with Crippen molar-refractivity contribution in [3.63, 3.8) is 0 Å². The molecule has 5 heteroatoms. The first-order valence-corrected chi connectivity index (χ1v) is 8.23. The van der Waals surface area contributed by atoms with Crippen molar-refractivity contribution in [3.05, 3.63) is 60.2 Å². The van der Waals surface area contributed by atoms with Gasteiger partial charge >= 0.3 is 0 Å². The van der Waals surface area contributed by atoms with E-state index < -0.39 is 0 Å². The normalized spacial score (nSPS) is 11.0. The molecule has 3 aromatic rings. The van der Waals surface area contributed by atoms with Gasteiger partial charge in [0.15, 0.2) is 0 Å². The summed E-state index contributed by atoms with van der Waals surface area (Å²) in [6.45, 7) is 1.39. The van der Waals surface area contributed by atoms with Crippen molar-refractivity contribution in [1.29, 1.82) is 0 Å². The van der Waals surface area contributed by atoms with E-state index in [4.69, 9.17) is 10.7 Å². The molecule has 1 heterocycles. The van der Waals surface area contributed by atoms with Gasteiger partial charge in [-0.1, -0.05) is 30.3 Å². The van der Waals surface area contributed by atoms with Gasteiger partial charge in [0.25, 0.3) is 5.91 Å². The van der Waals surface area contributed by atoms with Crippen LogP contribution in [0.1, 0.15) is 10.4 Å². The molecule has 0 aliphatic carbocycles. The number of nitrogen functional groups attached to an aromatic ring is 1. The van der Waals surface area contributed by atoms with E-state index in [-0.39, 0.29) is 5.91 Å². The predicted molar refractivity (Wildman–Crippen MR) is 102 cm³/mol. The molecule has 0 unspecified atom stereocenters. The van der Waals surface area contributed by atoms with Crippen LogP contribution < -0.4 is 11.1 Å². The molecule has 25 heavy (non-hydrogen) atoms. The lowest BCUT2D eigenvalue weighted by atomic mass is 10.1. The standard InChI is InChI=1S/C20H22N4O/c1-24(2)13-12-22-20(25)17-5-3-4-15-8-11-18(23-19(15)17)14-6-9-16(21)10-7-14/h3-11H,12-13,21H2,1-2H3,(H,22,25). The molecule has 0 fully saturated rings. The maximum atomic E-state index is 12.5. The number of pyridine rings is 1. The van der Waals surface area contributed by atoms with E-state index in [0.717, 1.165) is 23.2 Å². The van der Waals surface area contributed by atoms with E-state index in [1.54, 1.807) is 0 Å². The average molecular weight is 334 g/mol. The van der Waals surface area contributed by atoms with Crippen LogP contribution in [-0.2, 0) is 0 Å². The fraction of sp³-hybridized carbons (Fsp3) is 0.200. The smallest absolute Gasteiger partial charge is 0.253 e. The van der Waals surface area contributed by atoms with E-state index in [1.807, 2.05) is 73.6 Å². The molecular weight excluding hydrogens is 312 g/mol. The lowest BCUT2D eigenvalue weighted by molar-refractivity contribution is 0.0952. The molecule has 0 radical (unpaired) electrons. The molecule has 3 N–H and O–H groups in total. The Hall–Kier alpha value is -2.92. The van der Waals surface area contributed by atoms with E-state index in [9.17, 15) is 4.79 Å². The number of nitrogens with one attached hydrogen (secondary N) is 1. The molecule has 5 nitrogen and oxygen atoms in total. The highest BCUT2D eigenvalue weighted by molar-refractivity contribution is 6.05. The summed E-state index contributed by atoms with van der Waals surface area (Å²) < 4.78 is 0.